The molecular formula is C19H18ClN3O5. The third kappa shape index (κ3) is 4.40. The average Bonchev–Trinajstić information content (AvgIpc) is 3.09. The molecule has 1 aliphatic heterocycles. The van der Waals surface area contributed by atoms with Crippen LogP contribution in [0.4, 0.5) is 11.4 Å². The van der Waals surface area contributed by atoms with Gasteiger partial charge in [-0.25, -0.2) is 4.98 Å². The molecule has 8 nitrogen and oxygen atoms in total. The molecule has 0 unspecified atom stereocenters. The molecule has 1 aromatic carbocycles. The summed E-state index contributed by atoms with van der Waals surface area (Å²) in [5.41, 5.74) is 0.915. The molecule has 1 fully saturated rings. The second kappa shape index (κ2) is 8.71. The summed E-state index contributed by atoms with van der Waals surface area (Å²) in [5.74, 6) is -1.49. The molecular weight excluding hydrogens is 386 g/mol. The van der Waals surface area contributed by atoms with Crippen molar-refractivity contribution in [3.05, 3.63) is 47.7 Å². The van der Waals surface area contributed by atoms with Gasteiger partial charge in [0.2, 0.25) is 5.91 Å². The Labute approximate surface area is 166 Å². The number of nitrogens with one attached hydrogen (secondary N) is 1. The number of halogens is 1. The summed E-state index contributed by atoms with van der Waals surface area (Å²) in [7, 11) is 1.51. The second-order valence-electron chi connectivity index (χ2n) is 6.07. The molecule has 0 spiro atoms. The lowest BCUT2D eigenvalue weighted by Gasteiger charge is -2.19. The van der Waals surface area contributed by atoms with E-state index in [1.807, 2.05) is 0 Å². The van der Waals surface area contributed by atoms with Gasteiger partial charge in [-0.3, -0.25) is 14.4 Å². The van der Waals surface area contributed by atoms with E-state index in [4.69, 9.17) is 21.1 Å². The Morgan fingerprint density at radius 2 is 2.07 bits per heavy atom. The Balaban J connectivity index is 1.56. The maximum absolute atomic E-state index is 12.3. The lowest BCUT2D eigenvalue weighted by molar-refractivity contribution is -0.151. The molecule has 2 heterocycles. The molecule has 9 heteroatoms. The fraction of sp³-hybridized carbons (Fsp3) is 0.263. The minimum absolute atomic E-state index is 0.00688. The van der Waals surface area contributed by atoms with E-state index in [9.17, 15) is 14.4 Å². The van der Waals surface area contributed by atoms with Crippen molar-refractivity contribution in [1.82, 2.24) is 4.98 Å². The Bertz CT molecular complexity index is 905. The normalized spacial score (nSPS) is 16.0. The van der Waals surface area contributed by atoms with Crippen LogP contribution in [0.15, 0.2) is 42.6 Å². The van der Waals surface area contributed by atoms with Crippen molar-refractivity contribution in [3.8, 4) is 5.75 Å². The molecule has 0 saturated carbocycles. The lowest BCUT2D eigenvalue weighted by atomic mass is 10.1. The van der Waals surface area contributed by atoms with Gasteiger partial charge in [0.05, 0.1) is 24.4 Å². The first-order valence-corrected chi connectivity index (χ1v) is 8.87. The van der Waals surface area contributed by atoms with Crippen molar-refractivity contribution in [3.63, 3.8) is 0 Å². The Morgan fingerprint density at radius 1 is 1.29 bits per heavy atom. The van der Waals surface area contributed by atoms with Crippen molar-refractivity contribution in [1.29, 1.82) is 0 Å². The van der Waals surface area contributed by atoms with Gasteiger partial charge >= 0.3 is 5.97 Å². The topological polar surface area (TPSA) is 97.8 Å². The highest BCUT2D eigenvalue weighted by atomic mass is 35.5. The van der Waals surface area contributed by atoms with E-state index in [2.05, 4.69) is 10.3 Å². The number of carbonyl (C=O) groups excluding carboxylic acids is 3. The number of ether oxygens (including phenoxy) is 2. The van der Waals surface area contributed by atoms with Gasteiger partial charge in [0.25, 0.3) is 5.91 Å². The van der Waals surface area contributed by atoms with Gasteiger partial charge < -0.3 is 19.7 Å². The molecule has 1 N–H and O–H groups in total. The molecule has 1 aliphatic rings. The third-order valence-corrected chi connectivity index (χ3v) is 4.51. The molecule has 1 atom stereocenters. The number of amides is 2. The largest absolute Gasteiger partial charge is 0.495 e. The SMILES string of the molecule is COc1ccccc1N1C[C@@H](C(=O)OCC(=O)Nc2cccnc2Cl)CC1=O. The van der Waals surface area contributed by atoms with Crippen molar-refractivity contribution >= 4 is 40.8 Å². The maximum atomic E-state index is 12.3. The number of esters is 1. The van der Waals surface area contributed by atoms with Crippen LogP contribution in [-0.4, -0.2) is 43.0 Å². The fourth-order valence-corrected chi connectivity index (χ4v) is 3.04. The van der Waals surface area contributed by atoms with Crippen molar-refractivity contribution in [2.75, 3.05) is 30.5 Å². The second-order valence-corrected chi connectivity index (χ2v) is 6.43. The van der Waals surface area contributed by atoms with Crippen LogP contribution in [0.5, 0.6) is 5.75 Å². The molecule has 3 rings (SSSR count). The van der Waals surface area contributed by atoms with Gasteiger partial charge in [0, 0.05) is 19.2 Å². The third-order valence-electron chi connectivity index (χ3n) is 4.21. The van der Waals surface area contributed by atoms with E-state index >= 15 is 0 Å². The maximum Gasteiger partial charge on any atom is 0.311 e. The minimum Gasteiger partial charge on any atom is -0.495 e. The van der Waals surface area contributed by atoms with Gasteiger partial charge in [-0.2, -0.15) is 0 Å². The number of carbonyl (C=O) groups is 3. The molecule has 1 saturated heterocycles. The van der Waals surface area contributed by atoms with Gasteiger partial charge in [-0.05, 0) is 24.3 Å². The first kappa shape index (κ1) is 19.6. The average molecular weight is 404 g/mol. The summed E-state index contributed by atoms with van der Waals surface area (Å²) >= 11 is 5.86. The van der Waals surface area contributed by atoms with Crippen LogP contribution in [0.3, 0.4) is 0 Å². The van der Waals surface area contributed by atoms with Gasteiger partial charge in [0.15, 0.2) is 11.8 Å². The smallest absolute Gasteiger partial charge is 0.311 e. The molecule has 0 bridgehead atoms. The van der Waals surface area contributed by atoms with Crippen molar-refractivity contribution < 1.29 is 23.9 Å². The number of pyridine rings is 1. The van der Waals surface area contributed by atoms with E-state index in [0.717, 1.165) is 0 Å². The Kier molecular flexibility index (Phi) is 6.10. The molecule has 0 radical (unpaired) electrons. The van der Waals surface area contributed by atoms with E-state index in [1.54, 1.807) is 36.4 Å². The highest BCUT2D eigenvalue weighted by Gasteiger charge is 2.37. The number of nitrogens with zero attached hydrogens (tertiary/aromatic N) is 2. The van der Waals surface area contributed by atoms with E-state index < -0.39 is 24.4 Å². The number of benzene rings is 1. The van der Waals surface area contributed by atoms with Gasteiger partial charge in [-0.1, -0.05) is 23.7 Å². The number of methoxy groups -OCH3 is 1. The summed E-state index contributed by atoms with van der Waals surface area (Å²) in [6.07, 6.45) is 1.50. The van der Waals surface area contributed by atoms with Crippen molar-refractivity contribution in [2.45, 2.75) is 6.42 Å². The number of para-hydroxylation sites is 2. The zero-order valence-electron chi connectivity index (χ0n) is 15.1. The van der Waals surface area contributed by atoms with E-state index in [-0.39, 0.29) is 24.0 Å². The quantitative estimate of drug-likeness (QED) is 0.587. The molecule has 2 amide bonds. The molecule has 2 aromatic rings. The van der Waals surface area contributed by atoms with E-state index in [1.165, 1.54) is 18.2 Å². The minimum atomic E-state index is -0.660. The summed E-state index contributed by atoms with van der Waals surface area (Å²) < 4.78 is 10.3. The predicted octanol–water partition coefficient (Wildman–Crippen LogP) is 2.28. The first-order valence-electron chi connectivity index (χ1n) is 8.50. The van der Waals surface area contributed by atoms with Gasteiger partial charge in [0.1, 0.15) is 5.75 Å². The molecule has 1 aromatic heterocycles. The summed E-state index contributed by atoms with van der Waals surface area (Å²) in [6.45, 7) is -0.322. The standard InChI is InChI=1S/C19H18ClN3O5/c1-27-15-7-3-2-6-14(15)23-10-12(9-17(23)25)19(26)28-11-16(24)22-13-5-4-8-21-18(13)20/h2-8,12H,9-11H2,1H3,(H,22,24)/t12-/m0/s1. The zero-order valence-corrected chi connectivity index (χ0v) is 15.8. The Morgan fingerprint density at radius 3 is 2.82 bits per heavy atom. The van der Waals surface area contributed by atoms with Crippen LogP contribution in [0, 0.1) is 5.92 Å². The van der Waals surface area contributed by atoms with Crippen LogP contribution in [0.2, 0.25) is 5.15 Å². The first-order chi connectivity index (χ1) is 13.5. The number of anilines is 2. The molecule has 28 heavy (non-hydrogen) atoms. The Hall–Kier alpha value is -3.13. The lowest BCUT2D eigenvalue weighted by Crippen LogP contribution is -2.28. The van der Waals surface area contributed by atoms with Crippen molar-refractivity contribution in [2.24, 2.45) is 5.92 Å². The summed E-state index contributed by atoms with van der Waals surface area (Å²) in [4.78, 5) is 41.9. The van der Waals surface area contributed by atoms with Crippen LogP contribution in [0.1, 0.15) is 6.42 Å². The number of hydrogen-bond donors (Lipinski definition) is 1. The van der Waals surface area contributed by atoms with Crippen LogP contribution >= 0.6 is 11.6 Å². The molecule has 0 aliphatic carbocycles. The van der Waals surface area contributed by atoms with Gasteiger partial charge in [-0.15, -0.1) is 0 Å². The van der Waals surface area contributed by atoms with Crippen LogP contribution in [0.25, 0.3) is 0 Å². The monoisotopic (exact) mass is 403 g/mol. The number of aromatic nitrogens is 1. The zero-order chi connectivity index (χ0) is 20.1. The van der Waals surface area contributed by atoms with E-state index in [0.29, 0.717) is 17.1 Å². The summed E-state index contributed by atoms with van der Waals surface area (Å²) in [5, 5.41) is 2.65. The predicted molar refractivity (Wildman–Crippen MR) is 102 cm³/mol. The number of hydrogen-bond acceptors (Lipinski definition) is 6. The van der Waals surface area contributed by atoms with Crippen LogP contribution < -0.4 is 15.0 Å². The highest BCUT2D eigenvalue weighted by molar-refractivity contribution is 6.32. The number of rotatable bonds is 6. The fourth-order valence-electron chi connectivity index (χ4n) is 2.87. The molecule has 146 valence electrons. The summed E-state index contributed by atoms with van der Waals surface area (Å²) in [6, 6.07) is 10.3. The highest BCUT2D eigenvalue weighted by Crippen LogP contribution is 2.33. The van der Waals surface area contributed by atoms with Crippen LogP contribution in [-0.2, 0) is 19.1 Å².